The molecule has 19 heavy (non-hydrogen) atoms. The topological polar surface area (TPSA) is 86.3 Å². The Morgan fingerprint density at radius 3 is 2.95 bits per heavy atom. The monoisotopic (exact) mass is 263 g/mol. The van der Waals surface area contributed by atoms with E-state index in [0.717, 1.165) is 38.1 Å². The summed E-state index contributed by atoms with van der Waals surface area (Å²) in [4.78, 5) is 31.8. The summed E-state index contributed by atoms with van der Waals surface area (Å²) in [5.74, 6) is 0.968. The molecule has 0 radical (unpaired) electrons. The van der Waals surface area contributed by atoms with E-state index in [1.54, 1.807) is 0 Å². The number of carboxylic acids is 1. The third-order valence-electron chi connectivity index (χ3n) is 3.79. The van der Waals surface area contributed by atoms with Crippen LogP contribution < -0.4 is 10.5 Å². The van der Waals surface area contributed by atoms with Crippen molar-refractivity contribution in [3.8, 4) is 0 Å². The van der Waals surface area contributed by atoms with Crippen molar-refractivity contribution in [1.82, 2.24) is 9.97 Å². The number of hydrogen-bond donors (Lipinski definition) is 2. The predicted molar refractivity (Wildman–Crippen MR) is 69.5 cm³/mol. The molecule has 6 nitrogen and oxygen atoms in total. The van der Waals surface area contributed by atoms with Crippen molar-refractivity contribution in [3.63, 3.8) is 0 Å². The van der Waals surface area contributed by atoms with Crippen LogP contribution in [0.2, 0.25) is 0 Å². The second-order valence-corrected chi connectivity index (χ2v) is 5.35. The average molecular weight is 263 g/mol. The summed E-state index contributed by atoms with van der Waals surface area (Å²) >= 11 is 0. The quantitative estimate of drug-likeness (QED) is 0.849. The molecule has 1 saturated heterocycles. The molecule has 1 atom stereocenters. The van der Waals surface area contributed by atoms with E-state index in [1.165, 1.54) is 6.07 Å². The van der Waals surface area contributed by atoms with Gasteiger partial charge in [0.15, 0.2) is 0 Å². The fourth-order valence-corrected chi connectivity index (χ4v) is 2.71. The van der Waals surface area contributed by atoms with Gasteiger partial charge < -0.3 is 15.0 Å². The lowest BCUT2D eigenvalue weighted by molar-refractivity contribution is -0.137. The van der Waals surface area contributed by atoms with Gasteiger partial charge in [0.2, 0.25) is 0 Å². The van der Waals surface area contributed by atoms with Gasteiger partial charge >= 0.3 is 5.97 Å². The fourth-order valence-electron chi connectivity index (χ4n) is 2.71. The van der Waals surface area contributed by atoms with E-state index in [-0.39, 0.29) is 18.0 Å². The van der Waals surface area contributed by atoms with E-state index in [0.29, 0.717) is 11.7 Å². The molecular formula is C13H17N3O3. The maximum atomic E-state index is 11.7. The standard InChI is InChI=1S/C13H17N3O3/c17-11-7-10(14-13(15-11)8-3-4-8)16-5-1-2-9(16)6-12(18)19/h7-9H,1-6H2,(H,18,19)(H,14,15,17). The van der Waals surface area contributed by atoms with Crippen LogP contribution in [0.15, 0.2) is 10.9 Å². The number of H-pyrrole nitrogens is 1. The summed E-state index contributed by atoms with van der Waals surface area (Å²) in [6.07, 6.45) is 4.05. The molecule has 2 aliphatic rings. The summed E-state index contributed by atoms with van der Waals surface area (Å²) in [6.45, 7) is 0.776. The van der Waals surface area contributed by atoms with Crippen molar-refractivity contribution < 1.29 is 9.90 Å². The van der Waals surface area contributed by atoms with Crippen LogP contribution >= 0.6 is 0 Å². The number of hydrogen-bond acceptors (Lipinski definition) is 4. The normalized spacial score (nSPS) is 22.7. The van der Waals surface area contributed by atoms with Crippen LogP contribution in [-0.2, 0) is 4.79 Å². The van der Waals surface area contributed by atoms with Gasteiger partial charge in [0.05, 0.1) is 6.42 Å². The van der Waals surface area contributed by atoms with Crippen LogP contribution in [0.25, 0.3) is 0 Å². The molecule has 1 aliphatic heterocycles. The predicted octanol–water partition coefficient (Wildman–Crippen LogP) is 1.09. The molecule has 6 heteroatoms. The number of rotatable bonds is 4. The molecular weight excluding hydrogens is 246 g/mol. The zero-order valence-electron chi connectivity index (χ0n) is 10.6. The third-order valence-corrected chi connectivity index (χ3v) is 3.79. The molecule has 2 fully saturated rings. The minimum absolute atomic E-state index is 0.0427. The van der Waals surface area contributed by atoms with Crippen molar-refractivity contribution >= 4 is 11.8 Å². The Morgan fingerprint density at radius 2 is 2.26 bits per heavy atom. The SMILES string of the molecule is O=C(O)CC1CCCN1c1cc(=O)[nH]c(C2CC2)n1. The second-order valence-electron chi connectivity index (χ2n) is 5.35. The first kappa shape index (κ1) is 12.2. The van der Waals surface area contributed by atoms with Crippen molar-refractivity contribution in [3.05, 3.63) is 22.2 Å². The lowest BCUT2D eigenvalue weighted by atomic mass is 10.1. The highest BCUT2D eigenvalue weighted by molar-refractivity contribution is 5.68. The van der Waals surface area contributed by atoms with Gasteiger partial charge in [-0.15, -0.1) is 0 Å². The van der Waals surface area contributed by atoms with E-state index in [1.807, 2.05) is 4.90 Å². The van der Waals surface area contributed by atoms with Crippen LogP contribution in [0.4, 0.5) is 5.82 Å². The third kappa shape index (κ3) is 2.62. The number of carbonyl (C=O) groups is 1. The first-order valence-electron chi connectivity index (χ1n) is 6.73. The summed E-state index contributed by atoms with van der Waals surface area (Å²) < 4.78 is 0. The van der Waals surface area contributed by atoms with Gasteiger partial charge in [-0.05, 0) is 25.7 Å². The Hall–Kier alpha value is -1.85. The summed E-state index contributed by atoms with van der Waals surface area (Å²) in [5, 5.41) is 8.93. The van der Waals surface area contributed by atoms with Crippen LogP contribution in [0.5, 0.6) is 0 Å². The maximum Gasteiger partial charge on any atom is 0.305 e. The van der Waals surface area contributed by atoms with Gasteiger partial charge in [-0.2, -0.15) is 0 Å². The smallest absolute Gasteiger partial charge is 0.305 e. The van der Waals surface area contributed by atoms with E-state index in [2.05, 4.69) is 9.97 Å². The number of aromatic amines is 1. The number of anilines is 1. The van der Waals surface area contributed by atoms with Gasteiger partial charge in [0, 0.05) is 24.6 Å². The Labute approximate surface area is 110 Å². The van der Waals surface area contributed by atoms with Crippen LogP contribution in [0, 0.1) is 0 Å². The Bertz CT molecular complexity index is 550. The number of nitrogens with one attached hydrogen (secondary N) is 1. The zero-order chi connectivity index (χ0) is 13.4. The first-order chi connectivity index (χ1) is 9.13. The minimum Gasteiger partial charge on any atom is -0.481 e. The second kappa shape index (κ2) is 4.68. The highest BCUT2D eigenvalue weighted by Gasteiger charge is 2.30. The molecule has 3 rings (SSSR count). The zero-order valence-corrected chi connectivity index (χ0v) is 10.6. The number of aromatic nitrogens is 2. The van der Waals surface area contributed by atoms with Gasteiger partial charge in [-0.3, -0.25) is 9.59 Å². The summed E-state index contributed by atoms with van der Waals surface area (Å²) in [7, 11) is 0. The van der Waals surface area contributed by atoms with Gasteiger partial charge in [-0.1, -0.05) is 0 Å². The van der Waals surface area contributed by atoms with E-state index in [9.17, 15) is 9.59 Å². The molecule has 0 bridgehead atoms. The highest BCUT2D eigenvalue weighted by Crippen LogP contribution is 2.38. The highest BCUT2D eigenvalue weighted by atomic mass is 16.4. The average Bonchev–Trinajstić information content (AvgIpc) is 3.09. The largest absolute Gasteiger partial charge is 0.481 e. The molecule has 102 valence electrons. The van der Waals surface area contributed by atoms with Gasteiger partial charge in [0.25, 0.3) is 5.56 Å². The van der Waals surface area contributed by atoms with Crippen LogP contribution in [0.1, 0.15) is 43.8 Å². The van der Waals surface area contributed by atoms with Crippen molar-refractivity contribution in [2.45, 2.75) is 44.1 Å². The molecule has 1 saturated carbocycles. The summed E-state index contributed by atoms with van der Waals surface area (Å²) in [6, 6.07) is 1.44. The maximum absolute atomic E-state index is 11.7. The molecule has 2 heterocycles. The molecule has 0 aromatic carbocycles. The lowest BCUT2D eigenvalue weighted by Gasteiger charge is -2.24. The van der Waals surface area contributed by atoms with E-state index < -0.39 is 5.97 Å². The Balaban J connectivity index is 1.87. The molecule has 0 amide bonds. The number of nitrogens with zero attached hydrogens (tertiary/aromatic N) is 2. The summed E-state index contributed by atoms with van der Waals surface area (Å²) in [5.41, 5.74) is -0.145. The first-order valence-corrected chi connectivity index (χ1v) is 6.73. The molecule has 1 unspecified atom stereocenters. The lowest BCUT2D eigenvalue weighted by Crippen LogP contribution is -2.33. The Morgan fingerprint density at radius 1 is 1.47 bits per heavy atom. The van der Waals surface area contributed by atoms with Crippen molar-refractivity contribution in [1.29, 1.82) is 0 Å². The molecule has 2 N–H and O–H groups in total. The number of aliphatic carboxylic acids is 1. The number of carboxylic acid groups (broad SMARTS) is 1. The van der Waals surface area contributed by atoms with Crippen LogP contribution in [-0.4, -0.2) is 33.6 Å². The molecule has 1 aliphatic carbocycles. The molecule has 0 spiro atoms. The van der Waals surface area contributed by atoms with Gasteiger partial charge in [-0.25, -0.2) is 4.98 Å². The van der Waals surface area contributed by atoms with Crippen molar-refractivity contribution in [2.24, 2.45) is 0 Å². The minimum atomic E-state index is -0.802. The van der Waals surface area contributed by atoms with E-state index >= 15 is 0 Å². The van der Waals surface area contributed by atoms with E-state index in [4.69, 9.17) is 5.11 Å². The van der Waals surface area contributed by atoms with Crippen LogP contribution in [0.3, 0.4) is 0 Å². The fraction of sp³-hybridized carbons (Fsp3) is 0.615. The molecule has 1 aromatic rings. The van der Waals surface area contributed by atoms with Crippen molar-refractivity contribution in [2.75, 3.05) is 11.4 Å². The Kier molecular flexibility index (Phi) is 3.00. The molecule has 1 aromatic heterocycles. The van der Waals surface area contributed by atoms with Gasteiger partial charge in [0.1, 0.15) is 11.6 Å².